The molecule has 0 atom stereocenters. The monoisotopic (exact) mass is 241 g/mol. The van der Waals surface area contributed by atoms with Crippen LogP contribution in [0.1, 0.15) is 44.9 Å². The summed E-state index contributed by atoms with van der Waals surface area (Å²) in [5.41, 5.74) is 5.32. The summed E-state index contributed by atoms with van der Waals surface area (Å²) in [4.78, 5) is 12.2. The molecule has 2 aliphatic carbocycles. The van der Waals surface area contributed by atoms with Gasteiger partial charge in [0.15, 0.2) is 0 Å². The summed E-state index contributed by atoms with van der Waals surface area (Å²) in [7, 11) is 0. The molecule has 0 saturated heterocycles. The topological polar surface area (TPSA) is 67.1 Å². The molecule has 0 aromatic rings. The van der Waals surface area contributed by atoms with Crippen LogP contribution in [0.2, 0.25) is 0 Å². The van der Waals surface area contributed by atoms with E-state index in [9.17, 15) is 4.79 Å². The number of carbonyl (C=O) groups is 1. The quantitative estimate of drug-likeness (QED) is 0.655. The molecule has 4 nitrogen and oxygen atoms in total. The maximum Gasteiger partial charge on any atom is 0.315 e. The lowest BCUT2D eigenvalue weighted by Gasteiger charge is -2.32. The summed E-state index contributed by atoms with van der Waals surface area (Å²) in [6, 6.07) is 0.240. The lowest BCUT2D eigenvalue weighted by atomic mass is 9.93. The second kappa shape index (κ2) is 4.57. The summed E-state index contributed by atoms with van der Waals surface area (Å²) in [5.74, 6) is 0. The van der Waals surface area contributed by atoms with Crippen LogP contribution in [0.3, 0.4) is 0 Å². The Kier molecular flexibility index (Phi) is 3.33. The number of thiocarbonyl (C=S) groups is 1. The average Bonchev–Trinajstić information content (AvgIpc) is 2.61. The molecule has 0 heterocycles. The van der Waals surface area contributed by atoms with E-state index < -0.39 is 5.54 Å². The molecule has 0 radical (unpaired) electrons. The predicted octanol–water partition coefficient (Wildman–Crippen LogP) is 1.44. The highest BCUT2D eigenvalue weighted by molar-refractivity contribution is 7.80. The molecular formula is C11H19N3OS. The summed E-state index contributed by atoms with van der Waals surface area (Å²) < 4.78 is 0. The van der Waals surface area contributed by atoms with Crippen LogP contribution in [-0.4, -0.2) is 22.6 Å². The number of amides is 2. The van der Waals surface area contributed by atoms with E-state index in [-0.39, 0.29) is 6.03 Å². The Balaban J connectivity index is 1.89. The first-order valence-corrected chi connectivity index (χ1v) is 6.42. The molecule has 0 unspecified atom stereocenters. The van der Waals surface area contributed by atoms with Crippen LogP contribution >= 0.6 is 12.2 Å². The molecule has 2 aliphatic rings. The van der Waals surface area contributed by atoms with Crippen LogP contribution in [0.25, 0.3) is 0 Å². The predicted molar refractivity (Wildman–Crippen MR) is 67.3 cm³/mol. The van der Waals surface area contributed by atoms with Gasteiger partial charge in [0.05, 0.1) is 10.5 Å². The third-order valence-electron chi connectivity index (χ3n) is 3.72. The highest BCUT2D eigenvalue weighted by Gasteiger charge is 2.38. The van der Waals surface area contributed by atoms with E-state index >= 15 is 0 Å². The molecule has 2 saturated carbocycles. The Labute approximate surface area is 101 Å². The van der Waals surface area contributed by atoms with Crippen molar-refractivity contribution in [2.45, 2.75) is 56.5 Å². The van der Waals surface area contributed by atoms with Crippen LogP contribution in [0.5, 0.6) is 0 Å². The summed E-state index contributed by atoms with van der Waals surface area (Å²) in [5, 5.41) is 5.93. The van der Waals surface area contributed by atoms with Crippen molar-refractivity contribution in [3.8, 4) is 0 Å². The number of carbonyl (C=O) groups excluding carboxylic acids is 1. The van der Waals surface area contributed by atoms with E-state index in [4.69, 9.17) is 18.0 Å². The van der Waals surface area contributed by atoms with Crippen LogP contribution in [0.4, 0.5) is 4.79 Å². The fourth-order valence-electron chi connectivity index (χ4n) is 2.40. The minimum Gasteiger partial charge on any atom is -0.391 e. The van der Waals surface area contributed by atoms with Crippen molar-refractivity contribution in [2.75, 3.05) is 0 Å². The molecule has 0 bridgehead atoms. The second-order valence-electron chi connectivity index (χ2n) is 4.88. The van der Waals surface area contributed by atoms with Gasteiger partial charge in [0.1, 0.15) is 0 Å². The van der Waals surface area contributed by atoms with Gasteiger partial charge in [0.2, 0.25) is 0 Å². The van der Waals surface area contributed by atoms with Crippen molar-refractivity contribution in [1.29, 1.82) is 0 Å². The summed E-state index contributed by atoms with van der Waals surface area (Å²) >= 11 is 5.08. The second-order valence-corrected chi connectivity index (χ2v) is 5.32. The molecule has 16 heavy (non-hydrogen) atoms. The van der Waals surface area contributed by atoms with Gasteiger partial charge in [-0.15, -0.1) is 0 Å². The Morgan fingerprint density at radius 2 is 1.88 bits per heavy atom. The largest absolute Gasteiger partial charge is 0.391 e. The maximum absolute atomic E-state index is 11.8. The Bertz CT molecular complexity index is 296. The number of rotatable bonds is 3. The molecule has 90 valence electrons. The highest BCUT2D eigenvalue weighted by atomic mass is 32.1. The third kappa shape index (κ3) is 2.29. The van der Waals surface area contributed by atoms with Crippen LogP contribution in [0, 0.1) is 0 Å². The van der Waals surface area contributed by atoms with Gasteiger partial charge in [-0.2, -0.15) is 0 Å². The third-order valence-corrected chi connectivity index (χ3v) is 4.11. The number of urea groups is 1. The molecule has 2 amide bonds. The van der Waals surface area contributed by atoms with Crippen molar-refractivity contribution in [3.05, 3.63) is 0 Å². The van der Waals surface area contributed by atoms with E-state index in [1.807, 2.05) is 0 Å². The Hall–Kier alpha value is -0.840. The minimum atomic E-state index is -0.427. The fourth-order valence-corrected chi connectivity index (χ4v) is 2.66. The van der Waals surface area contributed by atoms with E-state index in [1.165, 1.54) is 6.42 Å². The van der Waals surface area contributed by atoms with Crippen molar-refractivity contribution in [3.63, 3.8) is 0 Å². The lowest BCUT2D eigenvalue weighted by Crippen LogP contribution is -2.59. The molecule has 5 heteroatoms. The normalized spacial score (nSPS) is 23.5. The molecule has 0 spiro atoms. The zero-order chi connectivity index (χ0) is 11.6. The zero-order valence-corrected chi connectivity index (χ0v) is 10.2. The van der Waals surface area contributed by atoms with Crippen molar-refractivity contribution >= 4 is 23.2 Å². The smallest absolute Gasteiger partial charge is 0.315 e. The minimum absolute atomic E-state index is 0.112. The molecule has 2 rings (SSSR count). The molecule has 2 fully saturated rings. The first kappa shape index (κ1) is 11.6. The van der Waals surface area contributed by atoms with Gasteiger partial charge in [0, 0.05) is 6.04 Å². The van der Waals surface area contributed by atoms with Crippen LogP contribution in [0.15, 0.2) is 0 Å². The van der Waals surface area contributed by atoms with Gasteiger partial charge >= 0.3 is 6.03 Å². The van der Waals surface area contributed by atoms with E-state index in [0.29, 0.717) is 11.0 Å². The number of nitrogens with one attached hydrogen (secondary N) is 2. The van der Waals surface area contributed by atoms with Gasteiger partial charge in [-0.1, -0.05) is 25.1 Å². The Morgan fingerprint density at radius 1 is 1.25 bits per heavy atom. The average molecular weight is 241 g/mol. The zero-order valence-electron chi connectivity index (χ0n) is 9.42. The van der Waals surface area contributed by atoms with Gasteiger partial charge in [0.25, 0.3) is 0 Å². The first-order valence-electron chi connectivity index (χ1n) is 6.01. The van der Waals surface area contributed by atoms with Crippen molar-refractivity contribution in [2.24, 2.45) is 5.73 Å². The molecular weight excluding hydrogens is 222 g/mol. The van der Waals surface area contributed by atoms with Crippen molar-refractivity contribution < 1.29 is 4.79 Å². The van der Waals surface area contributed by atoms with Crippen LogP contribution < -0.4 is 16.4 Å². The van der Waals surface area contributed by atoms with Crippen molar-refractivity contribution in [1.82, 2.24) is 10.6 Å². The number of nitrogens with two attached hydrogens (primary N) is 1. The van der Waals surface area contributed by atoms with Gasteiger partial charge < -0.3 is 16.4 Å². The number of hydrogen-bond donors (Lipinski definition) is 3. The summed E-state index contributed by atoms with van der Waals surface area (Å²) in [6.07, 6.45) is 7.31. The first-order chi connectivity index (χ1) is 7.62. The lowest BCUT2D eigenvalue weighted by molar-refractivity contribution is 0.221. The summed E-state index contributed by atoms with van der Waals surface area (Å²) in [6.45, 7) is 0. The van der Waals surface area contributed by atoms with Gasteiger partial charge in [-0.25, -0.2) is 4.79 Å². The van der Waals surface area contributed by atoms with E-state index in [0.717, 1.165) is 38.5 Å². The number of hydrogen-bond acceptors (Lipinski definition) is 2. The molecule has 0 aromatic carbocycles. The highest BCUT2D eigenvalue weighted by Crippen LogP contribution is 2.30. The van der Waals surface area contributed by atoms with E-state index in [2.05, 4.69) is 10.6 Å². The standard InChI is InChI=1S/C11H19N3OS/c12-9(16)11(6-1-2-7-11)14-10(15)13-8-4-3-5-8/h8H,1-7H2,(H2,12,16)(H2,13,14,15). The Morgan fingerprint density at radius 3 is 2.31 bits per heavy atom. The molecule has 0 aliphatic heterocycles. The fraction of sp³-hybridized carbons (Fsp3) is 0.818. The van der Waals surface area contributed by atoms with Crippen LogP contribution in [-0.2, 0) is 0 Å². The molecule has 4 N–H and O–H groups in total. The SMILES string of the molecule is NC(=S)C1(NC(=O)NC2CCC2)CCCC1. The van der Waals surface area contributed by atoms with E-state index in [1.54, 1.807) is 0 Å². The van der Waals surface area contributed by atoms with Gasteiger partial charge in [-0.3, -0.25) is 0 Å². The van der Waals surface area contributed by atoms with Gasteiger partial charge in [-0.05, 0) is 32.1 Å². The molecule has 0 aromatic heterocycles. The maximum atomic E-state index is 11.8.